The fourth-order valence-electron chi connectivity index (χ4n) is 3.44. The fourth-order valence-corrected chi connectivity index (χ4v) is 4.96. The van der Waals surface area contributed by atoms with Crippen molar-refractivity contribution in [3.05, 3.63) is 53.1 Å². The molecular weight excluding hydrogens is 350 g/mol. The van der Waals surface area contributed by atoms with Crippen LogP contribution in [-0.2, 0) is 10.0 Å². The zero-order chi connectivity index (χ0) is 19.1. The molecule has 0 bridgehead atoms. The number of methoxy groups -OCH3 is 1. The molecule has 2 aromatic rings. The lowest BCUT2D eigenvalue weighted by Gasteiger charge is -2.37. The summed E-state index contributed by atoms with van der Waals surface area (Å²) in [6.45, 7) is 7.59. The predicted molar refractivity (Wildman–Crippen MR) is 101 cm³/mol. The van der Waals surface area contributed by atoms with Gasteiger partial charge in [-0.25, -0.2) is 13.1 Å². The maximum absolute atomic E-state index is 13.1. The molecule has 26 heavy (non-hydrogen) atoms. The van der Waals surface area contributed by atoms with E-state index in [0.717, 1.165) is 16.9 Å². The van der Waals surface area contributed by atoms with Crippen molar-refractivity contribution >= 4 is 10.0 Å². The van der Waals surface area contributed by atoms with Crippen LogP contribution in [0.25, 0.3) is 0 Å². The summed E-state index contributed by atoms with van der Waals surface area (Å²) in [5.74, 6) is 1.40. The van der Waals surface area contributed by atoms with E-state index in [1.54, 1.807) is 26.2 Å². The van der Waals surface area contributed by atoms with E-state index in [0.29, 0.717) is 17.7 Å². The second kappa shape index (κ2) is 6.59. The van der Waals surface area contributed by atoms with Gasteiger partial charge in [0.05, 0.1) is 18.0 Å². The van der Waals surface area contributed by atoms with Gasteiger partial charge in [0, 0.05) is 12.0 Å². The van der Waals surface area contributed by atoms with Crippen molar-refractivity contribution in [2.45, 2.75) is 50.7 Å². The Labute approximate surface area is 155 Å². The lowest BCUT2D eigenvalue weighted by Crippen LogP contribution is -2.41. The molecule has 2 aromatic carbocycles. The molecule has 1 aliphatic heterocycles. The number of hydrogen-bond donors (Lipinski definition) is 1. The van der Waals surface area contributed by atoms with Crippen molar-refractivity contribution < 1.29 is 17.9 Å². The van der Waals surface area contributed by atoms with Crippen molar-refractivity contribution in [2.24, 2.45) is 0 Å². The van der Waals surface area contributed by atoms with E-state index in [4.69, 9.17) is 9.47 Å². The number of hydrogen-bond acceptors (Lipinski definition) is 4. The van der Waals surface area contributed by atoms with Crippen LogP contribution in [0, 0.1) is 13.8 Å². The number of benzene rings is 2. The first-order valence-corrected chi connectivity index (χ1v) is 10.1. The van der Waals surface area contributed by atoms with Crippen LogP contribution in [0.5, 0.6) is 11.5 Å². The van der Waals surface area contributed by atoms with Crippen LogP contribution in [0.3, 0.4) is 0 Å². The van der Waals surface area contributed by atoms with E-state index in [1.807, 2.05) is 45.0 Å². The molecular formula is C20H25NO4S. The molecule has 1 heterocycles. The molecule has 6 heteroatoms. The third-order valence-corrected chi connectivity index (χ3v) is 6.49. The Morgan fingerprint density at radius 3 is 2.50 bits per heavy atom. The average Bonchev–Trinajstić information content (AvgIpc) is 2.55. The monoisotopic (exact) mass is 375 g/mol. The van der Waals surface area contributed by atoms with Crippen LogP contribution in [0.1, 0.15) is 43.0 Å². The van der Waals surface area contributed by atoms with Crippen molar-refractivity contribution in [3.63, 3.8) is 0 Å². The first-order chi connectivity index (χ1) is 12.1. The van der Waals surface area contributed by atoms with Crippen LogP contribution < -0.4 is 14.2 Å². The smallest absolute Gasteiger partial charge is 0.241 e. The largest absolute Gasteiger partial charge is 0.496 e. The second-order valence-corrected chi connectivity index (χ2v) is 8.98. The van der Waals surface area contributed by atoms with Gasteiger partial charge in [-0.2, -0.15) is 0 Å². The standard InChI is InChI=1S/C20H25NO4S/c1-13-14(2)19(11-10-17(13)24-5)26(22,23)21-16-12-20(3,4)25-18-9-7-6-8-15(16)18/h6-11,16,21H,12H2,1-5H3. The van der Waals surface area contributed by atoms with Crippen molar-refractivity contribution in [2.75, 3.05) is 7.11 Å². The quantitative estimate of drug-likeness (QED) is 0.880. The molecule has 3 rings (SSSR count). The summed E-state index contributed by atoms with van der Waals surface area (Å²) in [4.78, 5) is 0.276. The van der Waals surface area contributed by atoms with Gasteiger partial charge in [-0.05, 0) is 57.0 Å². The van der Waals surface area contributed by atoms with E-state index in [9.17, 15) is 8.42 Å². The molecule has 0 saturated carbocycles. The highest BCUT2D eigenvalue weighted by Crippen LogP contribution is 2.40. The molecule has 0 aliphatic carbocycles. The maximum atomic E-state index is 13.1. The van der Waals surface area contributed by atoms with E-state index < -0.39 is 15.6 Å². The highest BCUT2D eigenvalue weighted by Gasteiger charge is 2.36. The van der Waals surface area contributed by atoms with Crippen molar-refractivity contribution in [3.8, 4) is 11.5 Å². The molecule has 1 N–H and O–H groups in total. The van der Waals surface area contributed by atoms with Gasteiger partial charge >= 0.3 is 0 Å². The summed E-state index contributed by atoms with van der Waals surface area (Å²) in [6.07, 6.45) is 0.553. The number of para-hydroxylation sites is 1. The van der Waals surface area contributed by atoms with Crippen LogP contribution in [0.15, 0.2) is 41.3 Å². The highest BCUT2D eigenvalue weighted by atomic mass is 32.2. The molecule has 0 fully saturated rings. The molecule has 0 radical (unpaired) electrons. The third kappa shape index (κ3) is 3.44. The van der Waals surface area contributed by atoms with E-state index in [2.05, 4.69) is 4.72 Å². The molecule has 0 amide bonds. The fraction of sp³-hybridized carbons (Fsp3) is 0.400. The van der Waals surface area contributed by atoms with Gasteiger partial charge in [0.25, 0.3) is 0 Å². The summed E-state index contributed by atoms with van der Waals surface area (Å²) >= 11 is 0. The van der Waals surface area contributed by atoms with Crippen LogP contribution in [0.4, 0.5) is 0 Å². The second-order valence-electron chi connectivity index (χ2n) is 7.29. The number of nitrogens with one attached hydrogen (secondary N) is 1. The Bertz CT molecular complexity index is 935. The molecule has 0 saturated heterocycles. The van der Waals surface area contributed by atoms with E-state index in [-0.39, 0.29) is 10.9 Å². The maximum Gasteiger partial charge on any atom is 0.241 e. The van der Waals surface area contributed by atoms with E-state index in [1.165, 1.54) is 0 Å². The Kier molecular flexibility index (Phi) is 4.75. The van der Waals surface area contributed by atoms with Crippen LogP contribution in [-0.4, -0.2) is 21.1 Å². The number of sulfonamides is 1. The predicted octanol–water partition coefficient (Wildman–Crippen LogP) is 3.89. The minimum atomic E-state index is -3.69. The first-order valence-electron chi connectivity index (χ1n) is 8.59. The summed E-state index contributed by atoms with van der Waals surface area (Å²) < 4.78 is 40.4. The van der Waals surface area contributed by atoms with Gasteiger partial charge in [-0.3, -0.25) is 0 Å². The zero-order valence-electron chi connectivity index (χ0n) is 15.8. The summed E-state index contributed by atoms with van der Waals surface area (Å²) in [5.41, 5.74) is 1.92. The van der Waals surface area contributed by atoms with Crippen molar-refractivity contribution in [1.82, 2.24) is 4.72 Å². The third-order valence-electron chi connectivity index (χ3n) is 4.87. The number of fused-ring (bicyclic) bond motifs is 1. The topological polar surface area (TPSA) is 64.6 Å². The Balaban J connectivity index is 1.99. The zero-order valence-corrected chi connectivity index (χ0v) is 16.6. The minimum Gasteiger partial charge on any atom is -0.496 e. The van der Waals surface area contributed by atoms with Gasteiger partial charge in [-0.15, -0.1) is 0 Å². The molecule has 0 aromatic heterocycles. The summed E-state index contributed by atoms with van der Waals surface area (Å²) in [5, 5.41) is 0. The Morgan fingerprint density at radius 2 is 1.81 bits per heavy atom. The summed E-state index contributed by atoms with van der Waals surface area (Å²) in [6, 6.07) is 10.5. The van der Waals surface area contributed by atoms with Gasteiger partial charge in [0.1, 0.15) is 17.1 Å². The number of ether oxygens (including phenoxy) is 2. The average molecular weight is 375 g/mol. The van der Waals surface area contributed by atoms with Gasteiger partial charge < -0.3 is 9.47 Å². The molecule has 0 spiro atoms. The van der Waals surface area contributed by atoms with Crippen molar-refractivity contribution in [1.29, 1.82) is 0 Å². The van der Waals surface area contributed by atoms with Crippen LogP contribution >= 0.6 is 0 Å². The lowest BCUT2D eigenvalue weighted by molar-refractivity contribution is 0.0702. The van der Waals surface area contributed by atoms with E-state index >= 15 is 0 Å². The molecule has 1 unspecified atom stereocenters. The summed E-state index contributed by atoms with van der Waals surface area (Å²) in [7, 11) is -2.11. The Morgan fingerprint density at radius 1 is 1.12 bits per heavy atom. The van der Waals surface area contributed by atoms with Gasteiger partial charge in [0.2, 0.25) is 10.0 Å². The molecule has 140 valence electrons. The first kappa shape index (κ1) is 18.7. The van der Waals surface area contributed by atoms with Gasteiger partial charge in [-0.1, -0.05) is 18.2 Å². The number of rotatable bonds is 4. The minimum absolute atomic E-state index is 0.276. The lowest BCUT2D eigenvalue weighted by atomic mass is 9.90. The molecule has 1 aliphatic rings. The SMILES string of the molecule is COc1ccc(S(=O)(=O)NC2CC(C)(C)Oc3ccccc32)c(C)c1C. The highest BCUT2D eigenvalue weighted by molar-refractivity contribution is 7.89. The Hall–Kier alpha value is -2.05. The molecule has 5 nitrogen and oxygen atoms in total. The molecule has 1 atom stereocenters. The van der Waals surface area contributed by atoms with Crippen LogP contribution in [0.2, 0.25) is 0 Å². The van der Waals surface area contributed by atoms with Gasteiger partial charge in [0.15, 0.2) is 0 Å². The normalized spacial score (nSPS) is 18.7.